The average Bonchev–Trinajstić information content (AvgIpc) is 2.96. The summed E-state index contributed by atoms with van der Waals surface area (Å²) in [4.78, 5) is 20.2. The van der Waals surface area contributed by atoms with Gasteiger partial charge in [0, 0.05) is 12.3 Å². The summed E-state index contributed by atoms with van der Waals surface area (Å²) < 4.78 is 5.36. The third kappa shape index (κ3) is 2.92. The van der Waals surface area contributed by atoms with Gasteiger partial charge in [0.25, 0.3) is 5.89 Å². The molecule has 7 nitrogen and oxygen atoms in total. The van der Waals surface area contributed by atoms with Crippen molar-refractivity contribution < 1.29 is 14.4 Å². The summed E-state index contributed by atoms with van der Waals surface area (Å²) in [5.74, 6) is 0.685. The van der Waals surface area contributed by atoms with E-state index in [1.165, 1.54) is 6.92 Å². The lowest BCUT2D eigenvalue weighted by Gasteiger charge is -2.20. The molecule has 0 spiro atoms. The van der Waals surface area contributed by atoms with Gasteiger partial charge in [-0.2, -0.15) is 4.98 Å². The van der Waals surface area contributed by atoms with Crippen molar-refractivity contribution in [3.63, 3.8) is 0 Å². The average molecular weight is 326 g/mol. The van der Waals surface area contributed by atoms with Crippen molar-refractivity contribution >= 4 is 16.8 Å². The Hall–Kier alpha value is -2.96. The number of fused-ring (bicyclic) bond motifs is 1. The summed E-state index contributed by atoms with van der Waals surface area (Å²) in [6.07, 6.45) is 0. The standard InChI is InChI=1S/C17H18N4O3/c1-9-13(8-11-7-12(23)5-6-14(11)18-9)15-19-16(21-24-15)17(3,4)20-10(2)22/h5-8,23H,1-4H3,(H,20,22). The van der Waals surface area contributed by atoms with E-state index in [9.17, 15) is 9.90 Å². The van der Waals surface area contributed by atoms with Crippen LogP contribution in [0.1, 0.15) is 32.3 Å². The molecule has 2 N–H and O–H groups in total. The van der Waals surface area contributed by atoms with Gasteiger partial charge in [0.1, 0.15) is 5.75 Å². The molecule has 7 heteroatoms. The van der Waals surface area contributed by atoms with E-state index in [2.05, 4.69) is 20.4 Å². The molecule has 2 heterocycles. The second-order valence-corrected chi connectivity index (χ2v) is 6.23. The molecular formula is C17H18N4O3. The summed E-state index contributed by atoms with van der Waals surface area (Å²) in [6, 6.07) is 6.82. The number of hydrogen-bond acceptors (Lipinski definition) is 6. The summed E-state index contributed by atoms with van der Waals surface area (Å²) in [5, 5.41) is 17.2. The van der Waals surface area contributed by atoms with Crippen LogP contribution in [0.15, 0.2) is 28.8 Å². The van der Waals surface area contributed by atoms with Crippen LogP contribution in [0.5, 0.6) is 5.75 Å². The minimum atomic E-state index is -0.746. The number of aromatic hydroxyl groups is 1. The van der Waals surface area contributed by atoms with Crippen LogP contribution in [0, 0.1) is 6.92 Å². The lowest BCUT2D eigenvalue weighted by atomic mass is 10.0. The van der Waals surface area contributed by atoms with Gasteiger partial charge in [-0.1, -0.05) is 5.16 Å². The molecule has 0 aliphatic carbocycles. The highest BCUT2D eigenvalue weighted by molar-refractivity contribution is 5.84. The smallest absolute Gasteiger partial charge is 0.259 e. The van der Waals surface area contributed by atoms with E-state index in [1.54, 1.807) is 32.0 Å². The fourth-order valence-electron chi connectivity index (χ4n) is 2.56. The summed E-state index contributed by atoms with van der Waals surface area (Å²) in [7, 11) is 0. The molecule has 3 aromatic rings. The number of rotatable bonds is 3. The maximum atomic E-state index is 11.3. The minimum absolute atomic E-state index is 0.164. The number of pyridine rings is 1. The molecule has 0 bridgehead atoms. The Bertz CT molecular complexity index is 931. The van der Waals surface area contributed by atoms with Crippen molar-refractivity contribution in [3.8, 4) is 17.2 Å². The zero-order chi connectivity index (χ0) is 17.5. The predicted molar refractivity (Wildman–Crippen MR) is 88.3 cm³/mol. The number of aryl methyl sites for hydroxylation is 1. The van der Waals surface area contributed by atoms with Crippen LogP contribution in [0.25, 0.3) is 22.4 Å². The Morgan fingerprint density at radius 2 is 2.00 bits per heavy atom. The van der Waals surface area contributed by atoms with Gasteiger partial charge in [0.05, 0.1) is 22.3 Å². The van der Waals surface area contributed by atoms with E-state index in [4.69, 9.17) is 4.52 Å². The Labute approximate surface area is 138 Å². The third-order valence-corrected chi connectivity index (χ3v) is 3.69. The number of carbonyl (C=O) groups is 1. The van der Waals surface area contributed by atoms with Crippen molar-refractivity contribution in [1.82, 2.24) is 20.4 Å². The van der Waals surface area contributed by atoms with E-state index < -0.39 is 5.54 Å². The first-order valence-corrected chi connectivity index (χ1v) is 7.50. The largest absolute Gasteiger partial charge is 0.508 e. The highest BCUT2D eigenvalue weighted by Crippen LogP contribution is 2.28. The van der Waals surface area contributed by atoms with Crippen molar-refractivity contribution in [2.45, 2.75) is 33.2 Å². The number of carbonyl (C=O) groups excluding carboxylic acids is 1. The maximum Gasteiger partial charge on any atom is 0.259 e. The number of phenols is 1. The number of amides is 1. The van der Waals surface area contributed by atoms with E-state index in [-0.39, 0.29) is 11.7 Å². The van der Waals surface area contributed by atoms with Crippen LogP contribution in [0.2, 0.25) is 0 Å². The molecule has 0 fully saturated rings. The first kappa shape index (κ1) is 15.9. The molecule has 0 saturated carbocycles. The third-order valence-electron chi connectivity index (χ3n) is 3.69. The topological polar surface area (TPSA) is 101 Å². The van der Waals surface area contributed by atoms with Crippen LogP contribution in [-0.4, -0.2) is 26.1 Å². The zero-order valence-electron chi connectivity index (χ0n) is 13.9. The summed E-state index contributed by atoms with van der Waals surface area (Å²) >= 11 is 0. The molecule has 1 amide bonds. The van der Waals surface area contributed by atoms with Crippen LogP contribution in [-0.2, 0) is 10.3 Å². The Morgan fingerprint density at radius 3 is 2.71 bits per heavy atom. The van der Waals surface area contributed by atoms with Crippen molar-refractivity contribution in [2.75, 3.05) is 0 Å². The van der Waals surface area contributed by atoms with E-state index >= 15 is 0 Å². The fraction of sp³-hybridized carbons (Fsp3) is 0.294. The van der Waals surface area contributed by atoms with Crippen LogP contribution < -0.4 is 5.32 Å². The van der Waals surface area contributed by atoms with Crippen LogP contribution in [0.4, 0.5) is 0 Å². The van der Waals surface area contributed by atoms with Gasteiger partial charge in [-0.05, 0) is 45.0 Å². The summed E-state index contributed by atoms with van der Waals surface area (Å²) in [5.41, 5.74) is 1.45. The van der Waals surface area contributed by atoms with Gasteiger partial charge >= 0.3 is 0 Å². The first-order chi connectivity index (χ1) is 11.3. The molecule has 0 atom stereocenters. The number of aromatic nitrogens is 3. The highest BCUT2D eigenvalue weighted by Gasteiger charge is 2.28. The molecule has 0 saturated heterocycles. The van der Waals surface area contributed by atoms with Gasteiger partial charge in [-0.3, -0.25) is 9.78 Å². The van der Waals surface area contributed by atoms with Gasteiger partial charge in [-0.15, -0.1) is 0 Å². The fourth-order valence-corrected chi connectivity index (χ4v) is 2.56. The SMILES string of the molecule is CC(=O)NC(C)(C)c1noc(-c2cc3cc(O)ccc3nc2C)n1. The van der Waals surface area contributed by atoms with Gasteiger partial charge in [0.2, 0.25) is 5.91 Å². The number of benzene rings is 1. The first-order valence-electron chi connectivity index (χ1n) is 7.50. The zero-order valence-corrected chi connectivity index (χ0v) is 13.9. The van der Waals surface area contributed by atoms with Crippen LogP contribution in [0.3, 0.4) is 0 Å². The molecule has 0 radical (unpaired) electrons. The number of phenolic OH excluding ortho intramolecular Hbond substituents is 1. The number of nitrogens with one attached hydrogen (secondary N) is 1. The normalized spacial score (nSPS) is 11.7. The predicted octanol–water partition coefficient (Wildman–Crippen LogP) is 2.67. The van der Waals surface area contributed by atoms with Crippen molar-refractivity contribution in [1.29, 1.82) is 0 Å². The summed E-state index contributed by atoms with van der Waals surface area (Å²) in [6.45, 7) is 6.89. The Kier molecular flexibility index (Phi) is 3.71. The van der Waals surface area contributed by atoms with E-state index in [0.29, 0.717) is 17.3 Å². The molecule has 1 aromatic carbocycles. The number of nitrogens with zero attached hydrogens (tertiary/aromatic N) is 3. The minimum Gasteiger partial charge on any atom is -0.508 e. The quantitative estimate of drug-likeness (QED) is 0.767. The van der Waals surface area contributed by atoms with Crippen LogP contribution >= 0.6 is 0 Å². The van der Waals surface area contributed by atoms with Gasteiger partial charge in [-0.25, -0.2) is 0 Å². The Balaban J connectivity index is 2.05. The Morgan fingerprint density at radius 1 is 1.25 bits per heavy atom. The maximum absolute atomic E-state index is 11.3. The second kappa shape index (κ2) is 5.59. The molecule has 24 heavy (non-hydrogen) atoms. The van der Waals surface area contributed by atoms with Gasteiger partial charge < -0.3 is 14.9 Å². The number of hydrogen-bond donors (Lipinski definition) is 2. The van der Waals surface area contributed by atoms with E-state index in [1.807, 2.05) is 13.0 Å². The van der Waals surface area contributed by atoms with E-state index in [0.717, 1.165) is 16.6 Å². The monoisotopic (exact) mass is 326 g/mol. The second-order valence-electron chi connectivity index (χ2n) is 6.23. The molecule has 0 aliphatic heterocycles. The highest BCUT2D eigenvalue weighted by atomic mass is 16.5. The molecule has 0 unspecified atom stereocenters. The lowest BCUT2D eigenvalue weighted by molar-refractivity contribution is -0.120. The molecule has 2 aromatic heterocycles. The molecule has 0 aliphatic rings. The molecule has 3 rings (SSSR count). The molecular weight excluding hydrogens is 308 g/mol. The van der Waals surface area contributed by atoms with Crippen molar-refractivity contribution in [2.24, 2.45) is 0 Å². The molecule has 124 valence electrons. The van der Waals surface area contributed by atoms with Crippen molar-refractivity contribution in [3.05, 3.63) is 35.8 Å². The van der Waals surface area contributed by atoms with Gasteiger partial charge in [0.15, 0.2) is 5.82 Å². The lowest BCUT2D eigenvalue weighted by Crippen LogP contribution is -2.40.